The van der Waals surface area contributed by atoms with Crippen LogP contribution in [0.4, 0.5) is 22.7 Å². The Morgan fingerprint density at radius 3 is 1.48 bits per heavy atom. The number of unbranched alkanes of at least 4 members (excludes halogenated alkanes) is 2. The number of hydrogen-bond donors (Lipinski definition) is 2. The lowest BCUT2D eigenvalue weighted by Gasteiger charge is -2.08. The number of rotatable bonds is 10. The highest BCUT2D eigenvalue weighted by atomic mass is 16.6. The Bertz CT molecular complexity index is 675. The number of nitrogens with one attached hydrogen (secondary N) is 2. The van der Waals surface area contributed by atoms with Gasteiger partial charge < -0.3 is 10.6 Å². The zero-order chi connectivity index (χ0) is 18.1. The number of nitrogens with zero attached hydrogens (tertiary/aromatic N) is 2. The summed E-state index contributed by atoms with van der Waals surface area (Å²) in [6.45, 7) is 1.27. The van der Waals surface area contributed by atoms with Gasteiger partial charge in [0.1, 0.15) is 11.4 Å². The molecule has 0 saturated carbocycles. The largest absolute Gasteiger partial charge is 0.379 e. The van der Waals surface area contributed by atoms with Crippen molar-refractivity contribution >= 4 is 22.7 Å². The van der Waals surface area contributed by atoms with Crippen molar-refractivity contribution in [1.82, 2.24) is 0 Å². The minimum atomic E-state index is -0.404. The number of hydrogen-bond acceptors (Lipinski definition) is 6. The first-order chi connectivity index (χ1) is 12.1. The summed E-state index contributed by atoms with van der Waals surface area (Å²) in [5, 5.41) is 28.0. The van der Waals surface area contributed by atoms with E-state index < -0.39 is 9.85 Å². The summed E-state index contributed by atoms with van der Waals surface area (Å²) in [6, 6.07) is 13.1. The number of nitro groups is 2. The molecule has 0 heterocycles. The van der Waals surface area contributed by atoms with E-state index in [0.29, 0.717) is 24.5 Å². The third-order valence-electron chi connectivity index (χ3n) is 3.69. The monoisotopic (exact) mass is 344 g/mol. The minimum Gasteiger partial charge on any atom is -0.379 e. The van der Waals surface area contributed by atoms with Gasteiger partial charge in [0.25, 0.3) is 11.4 Å². The Morgan fingerprint density at radius 1 is 0.680 bits per heavy atom. The Kier molecular flexibility index (Phi) is 6.70. The van der Waals surface area contributed by atoms with Gasteiger partial charge >= 0.3 is 0 Å². The van der Waals surface area contributed by atoms with E-state index in [9.17, 15) is 20.2 Å². The molecule has 0 unspecified atom stereocenters. The van der Waals surface area contributed by atoms with E-state index in [4.69, 9.17) is 0 Å². The van der Waals surface area contributed by atoms with E-state index in [0.717, 1.165) is 19.3 Å². The predicted molar refractivity (Wildman–Crippen MR) is 97.0 cm³/mol. The lowest BCUT2D eigenvalue weighted by molar-refractivity contribution is -0.384. The number of para-hydroxylation sites is 4. The van der Waals surface area contributed by atoms with Gasteiger partial charge in [-0.3, -0.25) is 20.2 Å². The van der Waals surface area contributed by atoms with Crippen molar-refractivity contribution in [3.05, 3.63) is 68.8 Å². The molecule has 132 valence electrons. The molecule has 0 amide bonds. The molecule has 0 spiro atoms. The third kappa shape index (κ3) is 5.45. The zero-order valence-corrected chi connectivity index (χ0v) is 13.7. The van der Waals surface area contributed by atoms with Crippen LogP contribution in [0.25, 0.3) is 0 Å². The number of benzene rings is 2. The highest BCUT2D eigenvalue weighted by Crippen LogP contribution is 2.24. The van der Waals surface area contributed by atoms with Crippen LogP contribution in [0.1, 0.15) is 19.3 Å². The van der Waals surface area contributed by atoms with Crippen molar-refractivity contribution in [3.63, 3.8) is 0 Å². The molecule has 0 radical (unpaired) electrons. The maximum absolute atomic E-state index is 10.9. The molecule has 2 rings (SSSR count). The maximum atomic E-state index is 10.9. The highest BCUT2D eigenvalue weighted by Gasteiger charge is 2.12. The quantitative estimate of drug-likeness (QED) is 0.380. The topological polar surface area (TPSA) is 110 Å². The molecule has 0 aliphatic rings. The summed E-state index contributed by atoms with van der Waals surface area (Å²) in [5.74, 6) is 0. The van der Waals surface area contributed by atoms with Gasteiger partial charge in [0, 0.05) is 25.2 Å². The SMILES string of the molecule is O=[N+]([O-])c1ccccc1NCCCCCNc1ccccc1[N+](=O)[O-]. The maximum Gasteiger partial charge on any atom is 0.292 e. The van der Waals surface area contributed by atoms with E-state index in [1.807, 2.05) is 0 Å². The molecule has 8 heteroatoms. The molecule has 8 nitrogen and oxygen atoms in total. The van der Waals surface area contributed by atoms with E-state index in [-0.39, 0.29) is 11.4 Å². The first kappa shape index (κ1) is 18.2. The molecule has 2 aromatic rings. The molecule has 0 aliphatic heterocycles. The molecule has 0 aromatic heterocycles. The minimum absolute atomic E-state index is 0.0700. The standard InChI is InChI=1S/C17H20N4O4/c22-20(23)16-10-4-2-8-14(16)18-12-6-1-7-13-19-15-9-3-5-11-17(15)21(24)25/h2-5,8-11,18-19H,1,6-7,12-13H2. The van der Waals surface area contributed by atoms with Gasteiger partial charge in [0.2, 0.25) is 0 Å². The molecule has 2 N–H and O–H groups in total. The third-order valence-corrected chi connectivity index (χ3v) is 3.69. The van der Waals surface area contributed by atoms with E-state index in [1.165, 1.54) is 12.1 Å². The average molecular weight is 344 g/mol. The summed E-state index contributed by atoms with van der Waals surface area (Å²) in [7, 11) is 0. The summed E-state index contributed by atoms with van der Waals surface area (Å²) in [4.78, 5) is 21.0. The van der Waals surface area contributed by atoms with Gasteiger partial charge in [-0.25, -0.2) is 0 Å². The van der Waals surface area contributed by atoms with Crippen LogP contribution in [0.5, 0.6) is 0 Å². The molecular weight excluding hydrogens is 324 g/mol. The van der Waals surface area contributed by atoms with Crippen LogP contribution in [0.3, 0.4) is 0 Å². The Morgan fingerprint density at radius 2 is 1.08 bits per heavy atom. The lowest BCUT2D eigenvalue weighted by atomic mass is 10.2. The molecule has 0 bridgehead atoms. The molecule has 0 aliphatic carbocycles. The first-order valence-corrected chi connectivity index (χ1v) is 8.04. The smallest absolute Gasteiger partial charge is 0.292 e. The second-order valence-corrected chi connectivity index (χ2v) is 5.46. The van der Waals surface area contributed by atoms with Gasteiger partial charge in [-0.05, 0) is 31.4 Å². The average Bonchev–Trinajstić information content (AvgIpc) is 2.61. The van der Waals surface area contributed by atoms with Crippen LogP contribution in [-0.4, -0.2) is 22.9 Å². The highest BCUT2D eigenvalue weighted by molar-refractivity contribution is 5.61. The van der Waals surface area contributed by atoms with Crippen LogP contribution in [0, 0.1) is 20.2 Å². The lowest BCUT2D eigenvalue weighted by Crippen LogP contribution is -2.07. The molecule has 0 saturated heterocycles. The van der Waals surface area contributed by atoms with E-state index in [1.54, 1.807) is 36.4 Å². The van der Waals surface area contributed by atoms with Gasteiger partial charge in [0.05, 0.1) is 9.85 Å². The van der Waals surface area contributed by atoms with Gasteiger partial charge in [-0.2, -0.15) is 0 Å². The van der Waals surface area contributed by atoms with Gasteiger partial charge in [0.15, 0.2) is 0 Å². The predicted octanol–water partition coefficient (Wildman–Crippen LogP) is 4.20. The van der Waals surface area contributed by atoms with Crippen molar-refractivity contribution in [2.24, 2.45) is 0 Å². The Balaban J connectivity index is 1.68. The second kappa shape index (κ2) is 9.21. The molecular formula is C17H20N4O4. The first-order valence-electron chi connectivity index (χ1n) is 8.04. The van der Waals surface area contributed by atoms with Crippen LogP contribution in [0.2, 0.25) is 0 Å². The fraction of sp³-hybridized carbons (Fsp3) is 0.294. The van der Waals surface area contributed by atoms with Crippen LogP contribution >= 0.6 is 0 Å². The van der Waals surface area contributed by atoms with E-state index >= 15 is 0 Å². The fourth-order valence-electron chi connectivity index (χ4n) is 2.44. The summed E-state index contributed by atoms with van der Waals surface area (Å²) in [5.41, 5.74) is 1.18. The van der Waals surface area contributed by atoms with Gasteiger partial charge in [-0.1, -0.05) is 24.3 Å². The van der Waals surface area contributed by atoms with Crippen molar-refractivity contribution in [2.75, 3.05) is 23.7 Å². The van der Waals surface area contributed by atoms with E-state index in [2.05, 4.69) is 10.6 Å². The number of anilines is 2. The van der Waals surface area contributed by atoms with Crippen molar-refractivity contribution in [3.8, 4) is 0 Å². The summed E-state index contributed by atoms with van der Waals surface area (Å²) in [6.07, 6.45) is 2.61. The fourth-order valence-corrected chi connectivity index (χ4v) is 2.44. The van der Waals surface area contributed by atoms with Crippen LogP contribution < -0.4 is 10.6 Å². The van der Waals surface area contributed by atoms with Crippen molar-refractivity contribution in [2.45, 2.75) is 19.3 Å². The van der Waals surface area contributed by atoms with Crippen LogP contribution in [-0.2, 0) is 0 Å². The Hall–Kier alpha value is -3.16. The summed E-state index contributed by atoms with van der Waals surface area (Å²) < 4.78 is 0. The van der Waals surface area contributed by atoms with Crippen molar-refractivity contribution < 1.29 is 9.85 Å². The molecule has 0 fully saturated rings. The van der Waals surface area contributed by atoms with Gasteiger partial charge in [-0.15, -0.1) is 0 Å². The van der Waals surface area contributed by atoms with Crippen molar-refractivity contribution in [1.29, 1.82) is 0 Å². The summed E-state index contributed by atoms with van der Waals surface area (Å²) >= 11 is 0. The Labute approximate surface area is 145 Å². The molecule has 0 atom stereocenters. The second-order valence-electron chi connectivity index (χ2n) is 5.46. The number of nitro benzene ring substituents is 2. The molecule has 25 heavy (non-hydrogen) atoms. The zero-order valence-electron chi connectivity index (χ0n) is 13.7. The normalized spacial score (nSPS) is 10.2. The molecule has 2 aromatic carbocycles. The van der Waals surface area contributed by atoms with Crippen LogP contribution in [0.15, 0.2) is 48.5 Å².